The van der Waals surface area contributed by atoms with Gasteiger partial charge < -0.3 is 4.90 Å². The Hall–Kier alpha value is -0.180. The lowest BCUT2D eigenvalue weighted by atomic mass is 10.2. The van der Waals surface area contributed by atoms with E-state index in [1.807, 2.05) is 11.8 Å². The average Bonchev–Trinajstić information content (AvgIpc) is 2.29. The lowest BCUT2D eigenvalue weighted by Gasteiger charge is -2.33. The van der Waals surface area contributed by atoms with Crippen LogP contribution >= 0.6 is 11.8 Å². The molecule has 68 valence electrons. The summed E-state index contributed by atoms with van der Waals surface area (Å²) in [5, 5.41) is 0.522. The smallest absolute Gasteiger partial charge is 0.223 e. The predicted molar refractivity (Wildman–Crippen MR) is 51.0 cm³/mol. The minimum absolute atomic E-state index is 0.393. The summed E-state index contributed by atoms with van der Waals surface area (Å²) in [7, 11) is 0. The molecule has 2 heterocycles. The second-order valence-corrected chi connectivity index (χ2v) is 4.80. The summed E-state index contributed by atoms with van der Waals surface area (Å²) in [5.41, 5.74) is 0. The van der Waals surface area contributed by atoms with E-state index in [-0.39, 0.29) is 0 Å². The van der Waals surface area contributed by atoms with Crippen LogP contribution in [0.5, 0.6) is 0 Å². The van der Waals surface area contributed by atoms with Crippen molar-refractivity contribution < 1.29 is 4.79 Å². The maximum Gasteiger partial charge on any atom is 0.223 e. The predicted octanol–water partition coefficient (Wildman–Crippen LogP) is 1.85. The van der Waals surface area contributed by atoms with Gasteiger partial charge in [-0.1, -0.05) is 6.42 Å². The molecule has 1 unspecified atom stereocenters. The zero-order valence-electron chi connectivity index (χ0n) is 7.29. The number of hydrogen-bond donors (Lipinski definition) is 0. The minimum atomic E-state index is 0.393. The third-order valence-electron chi connectivity index (χ3n) is 2.61. The van der Waals surface area contributed by atoms with Gasteiger partial charge in [0.1, 0.15) is 0 Å². The molecule has 0 bridgehead atoms. The van der Waals surface area contributed by atoms with Gasteiger partial charge in [-0.15, -0.1) is 11.8 Å². The minimum Gasteiger partial charge on any atom is -0.331 e. The maximum atomic E-state index is 11.6. The third kappa shape index (κ3) is 1.60. The Labute approximate surface area is 77.7 Å². The molecule has 0 spiro atoms. The third-order valence-corrected chi connectivity index (χ3v) is 4.01. The van der Waals surface area contributed by atoms with E-state index in [1.54, 1.807) is 0 Å². The van der Waals surface area contributed by atoms with Gasteiger partial charge in [0.15, 0.2) is 0 Å². The molecule has 2 rings (SSSR count). The summed E-state index contributed by atoms with van der Waals surface area (Å²) in [5.74, 6) is 1.64. The van der Waals surface area contributed by atoms with Crippen LogP contribution in [-0.4, -0.2) is 28.5 Å². The number of carbonyl (C=O) groups excluding carboxylic acids is 1. The molecule has 0 N–H and O–H groups in total. The number of rotatable bonds is 0. The zero-order chi connectivity index (χ0) is 8.39. The van der Waals surface area contributed by atoms with E-state index in [2.05, 4.69) is 4.90 Å². The molecule has 1 amide bonds. The number of carbonyl (C=O) groups is 1. The van der Waals surface area contributed by atoms with E-state index in [0.29, 0.717) is 11.3 Å². The number of fused-ring (bicyclic) bond motifs is 1. The molecule has 2 nitrogen and oxygen atoms in total. The molecule has 0 aromatic heterocycles. The van der Waals surface area contributed by atoms with Crippen LogP contribution in [0.25, 0.3) is 0 Å². The van der Waals surface area contributed by atoms with Crippen LogP contribution < -0.4 is 0 Å². The van der Waals surface area contributed by atoms with E-state index in [4.69, 9.17) is 0 Å². The number of hydrogen-bond acceptors (Lipinski definition) is 2. The lowest BCUT2D eigenvalue weighted by Crippen LogP contribution is -2.40. The van der Waals surface area contributed by atoms with Crippen molar-refractivity contribution in [2.45, 2.75) is 37.5 Å². The van der Waals surface area contributed by atoms with Crippen molar-refractivity contribution in [3.05, 3.63) is 0 Å². The van der Waals surface area contributed by atoms with Crippen LogP contribution in [0.1, 0.15) is 32.1 Å². The molecule has 0 aromatic rings. The van der Waals surface area contributed by atoms with Crippen molar-refractivity contribution in [1.82, 2.24) is 4.90 Å². The molecular formula is C9H15NOS. The molecule has 0 radical (unpaired) electrons. The largest absolute Gasteiger partial charge is 0.331 e. The van der Waals surface area contributed by atoms with Crippen molar-refractivity contribution in [2.75, 3.05) is 12.3 Å². The lowest BCUT2D eigenvalue weighted by molar-refractivity contribution is -0.131. The van der Waals surface area contributed by atoms with Crippen molar-refractivity contribution in [1.29, 1.82) is 0 Å². The Morgan fingerprint density at radius 1 is 1.33 bits per heavy atom. The highest BCUT2D eigenvalue weighted by atomic mass is 32.2. The van der Waals surface area contributed by atoms with Crippen LogP contribution in [0, 0.1) is 0 Å². The van der Waals surface area contributed by atoms with Gasteiger partial charge in [0.2, 0.25) is 5.91 Å². The quantitative estimate of drug-likeness (QED) is 0.574. The van der Waals surface area contributed by atoms with E-state index in [0.717, 1.165) is 19.4 Å². The summed E-state index contributed by atoms with van der Waals surface area (Å²) < 4.78 is 0. The highest BCUT2D eigenvalue weighted by Crippen LogP contribution is 2.30. The summed E-state index contributed by atoms with van der Waals surface area (Å²) in [6, 6.07) is 0. The first kappa shape index (κ1) is 8.42. The van der Waals surface area contributed by atoms with Gasteiger partial charge >= 0.3 is 0 Å². The SMILES string of the molecule is O=C1CCCCC2SCCCN12. The summed E-state index contributed by atoms with van der Waals surface area (Å²) in [4.78, 5) is 13.7. The van der Waals surface area contributed by atoms with E-state index < -0.39 is 0 Å². The van der Waals surface area contributed by atoms with Crippen LogP contribution in [0.2, 0.25) is 0 Å². The first-order valence-corrected chi connectivity index (χ1v) is 5.84. The van der Waals surface area contributed by atoms with Crippen LogP contribution in [-0.2, 0) is 4.79 Å². The van der Waals surface area contributed by atoms with Gasteiger partial charge in [0.25, 0.3) is 0 Å². The van der Waals surface area contributed by atoms with Gasteiger partial charge in [-0.05, 0) is 25.0 Å². The van der Waals surface area contributed by atoms with Gasteiger partial charge in [-0.3, -0.25) is 4.79 Å². The fourth-order valence-corrected chi connectivity index (χ4v) is 3.26. The van der Waals surface area contributed by atoms with Crippen LogP contribution in [0.15, 0.2) is 0 Å². The molecule has 3 heteroatoms. The van der Waals surface area contributed by atoms with Gasteiger partial charge in [-0.2, -0.15) is 0 Å². The first-order valence-electron chi connectivity index (χ1n) is 4.79. The monoisotopic (exact) mass is 185 g/mol. The van der Waals surface area contributed by atoms with E-state index >= 15 is 0 Å². The standard InChI is InChI=1S/C9H15NOS/c11-8-4-1-2-5-9-10(8)6-3-7-12-9/h9H,1-7H2. The van der Waals surface area contributed by atoms with Crippen LogP contribution in [0.4, 0.5) is 0 Å². The number of amides is 1. The average molecular weight is 185 g/mol. The van der Waals surface area contributed by atoms with Crippen LogP contribution in [0.3, 0.4) is 0 Å². The van der Waals surface area contributed by atoms with Gasteiger partial charge in [0, 0.05) is 13.0 Å². The fraction of sp³-hybridized carbons (Fsp3) is 0.889. The highest BCUT2D eigenvalue weighted by molar-refractivity contribution is 7.99. The van der Waals surface area contributed by atoms with Gasteiger partial charge in [0.05, 0.1) is 5.37 Å². The van der Waals surface area contributed by atoms with Crippen molar-refractivity contribution in [3.63, 3.8) is 0 Å². The number of thioether (sulfide) groups is 1. The molecule has 2 aliphatic heterocycles. The summed E-state index contributed by atoms with van der Waals surface area (Å²) in [6.45, 7) is 1.01. The molecule has 12 heavy (non-hydrogen) atoms. The molecule has 0 aromatic carbocycles. The highest BCUT2D eigenvalue weighted by Gasteiger charge is 2.28. The van der Waals surface area contributed by atoms with Crippen molar-refractivity contribution >= 4 is 17.7 Å². The molecule has 1 atom stereocenters. The first-order chi connectivity index (χ1) is 5.88. The molecule has 2 fully saturated rings. The van der Waals surface area contributed by atoms with Gasteiger partial charge in [-0.25, -0.2) is 0 Å². The zero-order valence-corrected chi connectivity index (χ0v) is 8.11. The molecule has 2 aliphatic rings. The van der Waals surface area contributed by atoms with Crippen molar-refractivity contribution in [3.8, 4) is 0 Å². The molecular weight excluding hydrogens is 170 g/mol. The fourth-order valence-electron chi connectivity index (χ4n) is 1.95. The van der Waals surface area contributed by atoms with E-state index in [1.165, 1.54) is 25.0 Å². The molecule has 0 saturated carbocycles. The van der Waals surface area contributed by atoms with Crippen molar-refractivity contribution in [2.24, 2.45) is 0 Å². The van der Waals surface area contributed by atoms with E-state index in [9.17, 15) is 4.79 Å². The topological polar surface area (TPSA) is 20.3 Å². The Morgan fingerprint density at radius 3 is 3.17 bits per heavy atom. The maximum absolute atomic E-state index is 11.6. The number of nitrogens with zero attached hydrogens (tertiary/aromatic N) is 1. The normalized spacial score (nSPS) is 31.2. The second-order valence-electron chi connectivity index (χ2n) is 3.51. The Balaban J connectivity index is 2.06. The Bertz CT molecular complexity index is 183. The second kappa shape index (κ2) is 3.69. The molecule has 0 aliphatic carbocycles. The Kier molecular flexibility index (Phi) is 2.59. The Morgan fingerprint density at radius 2 is 2.25 bits per heavy atom. The summed E-state index contributed by atoms with van der Waals surface area (Å²) in [6.07, 6.45) is 5.53. The molecule has 2 saturated heterocycles. The summed E-state index contributed by atoms with van der Waals surface area (Å²) >= 11 is 1.97.